The van der Waals surface area contributed by atoms with Gasteiger partial charge >= 0.3 is 73.7 Å². The van der Waals surface area contributed by atoms with E-state index in [1.165, 1.54) is 0 Å². The van der Waals surface area contributed by atoms with Crippen molar-refractivity contribution in [3.63, 3.8) is 0 Å². The summed E-state index contributed by atoms with van der Waals surface area (Å²) >= 11 is 0. The van der Waals surface area contributed by atoms with Crippen molar-refractivity contribution in [2.75, 3.05) is 0 Å². The molecule has 0 fully saturated rings. The van der Waals surface area contributed by atoms with Crippen LogP contribution in [0.4, 0.5) is 0 Å². The van der Waals surface area contributed by atoms with Gasteiger partial charge in [-0.25, -0.2) is 0 Å². The number of rotatable bonds is 0. The minimum Gasteiger partial charge on any atom is -2.00 e. The van der Waals surface area contributed by atoms with Gasteiger partial charge in [0.15, 0.2) is 0 Å². The van der Waals surface area contributed by atoms with Gasteiger partial charge in [0, 0.05) is 0 Å². The molecule has 0 nitrogen and oxygen atoms in total. The molecule has 0 bridgehead atoms. The van der Waals surface area contributed by atoms with Crippen molar-refractivity contribution >= 4 is 120 Å². The van der Waals surface area contributed by atoms with E-state index >= 15 is 0 Å². The van der Waals surface area contributed by atoms with Crippen molar-refractivity contribution in [1.82, 2.24) is 0 Å². The minimum absolute atomic E-state index is 0. The Labute approximate surface area is 156 Å². The molecule has 0 amide bonds. The zero-order valence-corrected chi connectivity index (χ0v) is 21.4. The first-order valence-electron chi connectivity index (χ1n) is 0. The van der Waals surface area contributed by atoms with Crippen molar-refractivity contribution in [2.45, 2.75) is 0 Å². The van der Waals surface area contributed by atoms with Gasteiger partial charge in [-0.3, -0.25) is 0 Å². The molecular weight excluding hydrogens is 580 g/mol. The Morgan fingerprint density at radius 3 is 0.333 bits per heavy atom. The summed E-state index contributed by atoms with van der Waals surface area (Å²) in [6.45, 7) is 0. The van der Waals surface area contributed by atoms with Gasteiger partial charge in [-0.15, -0.1) is 0 Å². The fourth-order valence-electron chi connectivity index (χ4n) is 0. The molecule has 0 spiro atoms. The third-order valence-electron chi connectivity index (χ3n) is 0. The van der Waals surface area contributed by atoms with Crippen molar-refractivity contribution < 1.29 is 39.0 Å². The molecule has 0 aromatic heterocycles. The Morgan fingerprint density at radius 2 is 0.333 bits per heavy atom. The fraction of sp³-hybridized carbons (Fsp3) is 0. The van der Waals surface area contributed by atoms with Gasteiger partial charge in [0.1, 0.15) is 0 Å². The predicted molar refractivity (Wildman–Crippen MR) is 40.3 cm³/mol. The van der Waals surface area contributed by atoms with Crippen LogP contribution in [-0.2, 0) is 39.0 Å². The molecule has 0 aromatic carbocycles. The third kappa shape index (κ3) is 63.7. The molecule has 0 saturated carbocycles. The summed E-state index contributed by atoms with van der Waals surface area (Å²) in [5, 5.41) is 0. The molecule has 9 heavy (non-hydrogen) atoms. The summed E-state index contributed by atoms with van der Waals surface area (Å²) in [7, 11) is 0. The van der Waals surface area contributed by atoms with Crippen molar-refractivity contribution in [1.29, 1.82) is 0 Å². The summed E-state index contributed by atoms with van der Waals surface area (Å²) in [5.74, 6) is 0. The third-order valence-corrected chi connectivity index (χ3v) is 0. The largest absolute Gasteiger partial charge is 3.00 e. The second-order valence-corrected chi connectivity index (χ2v) is 0. The normalized spacial score (nSPS) is 0. The van der Waals surface area contributed by atoms with Gasteiger partial charge < -0.3 is 85.3 Å². The molecule has 0 radical (unpaired) electrons. The summed E-state index contributed by atoms with van der Waals surface area (Å²) < 4.78 is 0. The molecule has 0 aliphatic carbocycles. The van der Waals surface area contributed by atoms with Gasteiger partial charge in [0.2, 0.25) is 0 Å². The van der Waals surface area contributed by atoms with E-state index in [0.717, 1.165) is 0 Å². The monoisotopic (exact) mass is 581 g/mol. The van der Waals surface area contributed by atoms with Crippen LogP contribution in [0.15, 0.2) is 0 Å². The summed E-state index contributed by atoms with van der Waals surface area (Å²) in [6, 6.07) is 0. The smallest absolute Gasteiger partial charge is 2.00 e. The molecule has 9 heteroatoms. The van der Waals surface area contributed by atoms with Gasteiger partial charge in [-0.2, -0.15) is 0 Å². The minimum atomic E-state index is 0. The Morgan fingerprint density at radius 1 is 0.333 bits per heavy atom. The fourth-order valence-corrected chi connectivity index (χ4v) is 0. The Hall–Kier alpha value is 4.91. The predicted octanol–water partition coefficient (Wildman–Crippen LogP) is -2.67. The summed E-state index contributed by atoms with van der Waals surface area (Å²) in [4.78, 5) is 0. The van der Waals surface area contributed by atoms with Gasteiger partial charge in [0.05, 0.1) is 0 Å². The van der Waals surface area contributed by atoms with Gasteiger partial charge in [-0.05, 0) is 0 Å². The molecule has 0 aliphatic heterocycles. The van der Waals surface area contributed by atoms with Crippen LogP contribution in [0, 0.1) is 0 Å². The van der Waals surface area contributed by atoms with Crippen LogP contribution in [-0.4, -0.2) is 120 Å². The maximum atomic E-state index is 0. The molecule has 0 atom stereocenters. The van der Waals surface area contributed by atoms with Crippen molar-refractivity contribution in [3.05, 3.63) is 0 Å². The molecule has 0 unspecified atom stereocenters. The van der Waals surface area contributed by atoms with E-state index < -0.39 is 0 Å². The van der Waals surface area contributed by atoms with Crippen LogP contribution in [0.5, 0.6) is 0 Å². The molecule has 0 aromatic rings. The average molecular weight is 580 g/mol. The number of hydrogen-bond donors (Lipinski definition) is 0. The van der Waals surface area contributed by atoms with E-state index in [2.05, 4.69) is 0 Å². The zero-order chi connectivity index (χ0) is 0. The zero-order valence-electron chi connectivity index (χ0n) is 4.61. The molecule has 0 aliphatic rings. The van der Waals surface area contributed by atoms with Crippen LogP contribution in [0.25, 0.3) is 0 Å². The standard InChI is InChI=1S/2Al.5Se.2Zn/q2*+3;5*-2;2*+2. The van der Waals surface area contributed by atoms with Gasteiger partial charge in [-0.1, -0.05) is 0 Å². The Bertz CT molecular complexity index is 12.9. The average Bonchev–Trinajstić information content (AvgIpc) is 0. The first-order valence-corrected chi connectivity index (χ1v) is 0. The molecule has 0 N–H and O–H groups in total. The van der Waals surface area contributed by atoms with Gasteiger partial charge in [0.25, 0.3) is 0 Å². The second kappa shape index (κ2) is 76.0. The van der Waals surface area contributed by atoms with E-state index in [4.69, 9.17) is 0 Å². The topological polar surface area (TPSA) is 0 Å². The van der Waals surface area contributed by atoms with Crippen LogP contribution in [0.3, 0.4) is 0 Å². The van der Waals surface area contributed by atoms with E-state index in [0.29, 0.717) is 0 Å². The Balaban J connectivity index is 0. The summed E-state index contributed by atoms with van der Waals surface area (Å²) in [5.41, 5.74) is 0. The first kappa shape index (κ1) is 96.2. The molecule has 0 heterocycles. The van der Waals surface area contributed by atoms with Crippen LogP contribution in [0.1, 0.15) is 0 Å². The Kier molecular flexibility index (Phi) is 812. The molecule has 0 rings (SSSR count). The van der Waals surface area contributed by atoms with E-state index in [-0.39, 0.29) is 159 Å². The van der Waals surface area contributed by atoms with Crippen LogP contribution in [0.2, 0.25) is 0 Å². The van der Waals surface area contributed by atoms with E-state index in [9.17, 15) is 0 Å². The van der Waals surface area contributed by atoms with Crippen molar-refractivity contribution in [2.24, 2.45) is 0 Å². The van der Waals surface area contributed by atoms with Crippen LogP contribution < -0.4 is 0 Å². The maximum absolute atomic E-state index is 0. The second-order valence-electron chi connectivity index (χ2n) is 0. The maximum Gasteiger partial charge on any atom is 3.00 e. The van der Waals surface area contributed by atoms with Crippen LogP contribution >= 0.6 is 0 Å². The molecular formula is Al2Se5Zn2. The van der Waals surface area contributed by atoms with E-state index in [1.54, 1.807) is 0 Å². The molecule has 40 valence electrons. The SMILES string of the molecule is [Al+3].[Al+3].[Se-2].[Se-2].[Se-2].[Se-2].[Se-2].[Zn+2].[Zn+2]. The summed E-state index contributed by atoms with van der Waals surface area (Å²) in [6.07, 6.45) is 0. The van der Waals surface area contributed by atoms with Crippen molar-refractivity contribution in [3.8, 4) is 0 Å². The quantitative estimate of drug-likeness (QED) is 0.275. The number of hydrogen-bond acceptors (Lipinski definition) is 0. The first-order chi connectivity index (χ1) is 0. The van der Waals surface area contributed by atoms with E-state index in [1.807, 2.05) is 0 Å². The molecule has 0 saturated heterocycles.